The second-order valence-corrected chi connectivity index (χ2v) is 4.80. The number of anilines is 1. The first-order chi connectivity index (χ1) is 9.83. The van der Waals surface area contributed by atoms with Crippen LogP contribution in [0.2, 0.25) is 0 Å². The summed E-state index contributed by atoms with van der Waals surface area (Å²) >= 11 is 0. The van der Waals surface area contributed by atoms with Gasteiger partial charge < -0.3 is 15.2 Å². The highest BCUT2D eigenvalue weighted by atomic mass is 16.5. The zero-order chi connectivity index (χ0) is 13.8. The van der Waals surface area contributed by atoms with E-state index in [9.17, 15) is 0 Å². The van der Waals surface area contributed by atoms with Gasteiger partial charge in [-0.3, -0.25) is 4.98 Å². The summed E-state index contributed by atoms with van der Waals surface area (Å²) in [5.41, 5.74) is 7.29. The lowest BCUT2D eigenvalue weighted by molar-refractivity contribution is 0.0839. The first-order valence-electron chi connectivity index (χ1n) is 6.75. The molecule has 104 valence electrons. The Bertz CT molecular complexity index is 566. The van der Waals surface area contributed by atoms with Gasteiger partial charge in [-0.25, -0.2) is 4.98 Å². The third-order valence-corrected chi connectivity index (χ3v) is 3.39. The third-order valence-electron chi connectivity index (χ3n) is 3.39. The number of hydrogen-bond acceptors (Lipinski definition) is 5. The number of rotatable bonds is 3. The largest absolute Gasteiger partial charge is 0.437 e. The van der Waals surface area contributed by atoms with Crippen LogP contribution in [0.3, 0.4) is 0 Å². The van der Waals surface area contributed by atoms with Gasteiger partial charge in [0.25, 0.3) is 0 Å². The van der Waals surface area contributed by atoms with Crippen molar-refractivity contribution in [1.82, 2.24) is 9.97 Å². The Balaban J connectivity index is 1.83. The molecule has 0 amide bonds. The topological polar surface area (TPSA) is 70.3 Å². The molecule has 1 fully saturated rings. The summed E-state index contributed by atoms with van der Waals surface area (Å²) in [6, 6.07) is 7.27. The first kappa shape index (κ1) is 12.9. The lowest BCUT2D eigenvalue weighted by Crippen LogP contribution is -2.16. The van der Waals surface area contributed by atoms with Crippen LogP contribution in [-0.2, 0) is 4.74 Å². The zero-order valence-electron chi connectivity index (χ0n) is 11.2. The molecule has 3 rings (SSSR count). The second-order valence-electron chi connectivity index (χ2n) is 4.80. The van der Waals surface area contributed by atoms with Gasteiger partial charge >= 0.3 is 0 Å². The molecular formula is C15H17N3O2. The molecule has 1 aliphatic heterocycles. The molecule has 5 heteroatoms. The highest BCUT2D eigenvalue weighted by molar-refractivity contribution is 5.42. The number of ether oxygens (including phenoxy) is 2. The highest BCUT2D eigenvalue weighted by Gasteiger charge is 2.22. The van der Waals surface area contributed by atoms with Crippen molar-refractivity contribution in [3.8, 4) is 11.6 Å². The fraction of sp³-hybridized carbons (Fsp3) is 0.333. The van der Waals surface area contributed by atoms with Crippen molar-refractivity contribution >= 4 is 5.69 Å². The number of nitrogens with zero attached hydrogens (tertiary/aromatic N) is 2. The van der Waals surface area contributed by atoms with Gasteiger partial charge in [-0.1, -0.05) is 0 Å². The minimum Gasteiger partial charge on any atom is -0.437 e. The highest BCUT2D eigenvalue weighted by Crippen LogP contribution is 2.32. The Morgan fingerprint density at radius 3 is 2.50 bits per heavy atom. The quantitative estimate of drug-likeness (QED) is 0.869. The Hall–Kier alpha value is -2.14. The molecule has 0 unspecified atom stereocenters. The lowest BCUT2D eigenvalue weighted by atomic mass is 9.96. The summed E-state index contributed by atoms with van der Waals surface area (Å²) in [5.74, 6) is 1.64. The number of hydrogen-bond donors (Lipinski definition) is 1. The third kappa shape index (κ3) is 2.88. The van der Waals surface area contributed by atoms with E-state index in [1.807, 2.05) is 12.1 Å². The van der Waals surface area contributed by atoms with Gasteiger partial charge in [-0.15, -0.1) is 0 Å². The van der Waals surface area contributed by atoms with Gasteiger partial charge in [0.1, 0.15) is 11.4 Å². The van der Waals surface area contributed by atoms with E-state index in [-0.39, 0.29) is 0 Å². The molecule has 0 atom stereocenters. The number of aromatic nitrogens is 2. The van der Waals surface area contributed by atoms with Crippen LogP contribution in [0.1, 0.15) is 24.5 Å². The summed E-state index contributed by atoms with van der Waals surface area (Å²) in [7, 11) is 0. The molecule has 2 heterocycles. The summed E-state index contributed by atoms with van der Waals surface area (Å²) < 4.78 is 11.2. The van der Waals surface area contributed by atoms with E-state index in [0.717, 1.165) is 31.7 Å². The Labute approximate surface area is 117 Å². The summed E-state index contributed by atoms with van der Waals surface area (Å²) in [4.78, 5) is 8.76. The molecule has 1 aromatic carbocycles. The van der Waals surface area contributed by atoms with E-state index < -0.39 is 0 Å². The molecule has 1 aliphatic rings. The van der Waals surface area contributed by atoms with E-state index in [1.165, 1.54) is 0 Å². The van der Waals surface area contributed by atoms with E-state index in [1.54, 1.807) is 24.5 Å². The standard InChI is InChI=1S/C15H17N3O2/c16-12-1-3-13(4-2-12)20-15-14(17-7-8-18-15)11-5-9-19-10-6-11/h1-4,7-8,11H,5-6,9-10,16H2. The van der Waals surface area contributed by atoms with Gasteiger partial charge in [-0.05, 0) is 37.1 Å². The molecule has 20 heavy (non-hydrogen) atoms. The molecule has 0 aliphatic carbocycles. The van der Waals surface area contributed by atoms with Crippen molar-refractivity contribution < 1.29 is 9.47 Å². The van der Waals surface area contributed by atoms with Crippen molar-refractivity contribution in [2.24, 2.45) is 0 Å². The van der Waals surface area contributed by atoms with Crippen molar-refractivity contribution in [2.75, 3.05) is 18.9 Å². The molecular weight excluding hydrogens is 254 g/mol. The van der Waals surface area contributed by atoms with Crippen LogP contribution in [0.4, 0.5) is 5.69 Å². The molecule has 0 spiro atoms. The number of nitrogens with two attached hydrogens (primary N) is 1. The van der Waals surface area contributed by atoms with Crippen molar-refractivity contribution in [3.05, 3.63) is 42.4 Å². The predicted molar refractivity (Wildman–Crippen MR) is 75.8 cm³/mol. The molecule has 5 nitrogen and oxygen atoms in total. The van der Waals surface area contributed by atoms with Crippen LogP contribution in [0.5, 0.6) is 11.6 Å². The summed E-state index contributed by atoms with van der Waals surface area (Å²) in [5, 5.41) is 0. The normalized spacial score (nSPS) is 16.0. The smallest absolute Gasteiger partial charge is 0.241 e. The Morgan fingerprint density at radius 2 is 1.75 bits per heavy atom. The van der Waals surface area contributed by atoms with Gasteiger partial charge in [0, 0.05) is 37.2 Å². The maximum absolute atomic E-state index is 5.85. The summed E-state index contributed by atoms with van der Waals surface area (Å²) in [6.07, 6.45) is 5.27. The molecule has 1 saturated heterocycles. The molecule has 2 aromatic rings. The van der Waals surface area contributed by atoms with Crippen molar-refractivity contribution in [3.63, 3.8) is 0 Å². The fourth-order valence-electron chi connectivity index (χ4n) is 2.31. The van der Waals surface area contributed by atoms with Gasteiger partial charge in [-0.2, -0.15) is 0 Å². The van der Waals surface area contributed by atoms with Crippen LogP contribution in [0.25, 0.3) is 0 Å². The van der Waals surface area contributed by atoms with E-state index in [0.29, 0.717) is 23.2 Å². The van der Waals surface area contributed by atoms with Crippen LogP contribution in [0, 0.1) is 0 Å². The van der Waals surface area contributed by atoms with E-state index in [2.05, 4.69) is 9.97 Å². The van der Waals surface area contributed by atoms with Gasteiger partial charge in [0.15, 0.2) is 0 Å². The molecule has 0 saturated carbocycles. The second kappa shape index (κ2) is 5.88. The van der Waals surface area contributed by atoms with Crippen LogP contribution in [0.15, 0.2) is 36.7 Å². The van der Waals surface area contributed by atoms with Crippen LogP contribution >= 0.6 is 0 Å². The Morgan fingerprint density at radius 1 is 1.05 bits per heavy atom. The van der Waals surface area contributed by atoms with Crippen molar-refractivity contribution in [1.29, 1.82) is 0 Å². The summed E-state index contributed by atoms with van der Waals surface area (Å²) in [6.45, 7) is 1.53. The van der Waals surface area contributed by atoms with Gasteiger partial charge in [0.2, 0.25) is 5.88 Å². The van der Waals surface area contributed by atoms with Crippen LogP contribution in [-0.4, -0.2) is 23.2 Å². The SMILES string of the molecule is Nc1ccc(Oc2nccnc2C2CCOCC2)cc1. The minimum atomic E-state index is 0.348. The van der Waals surface area contributed by atoms with E-state index >= 15 is 0 Å². The zero-order valence-corrected chi connectivity index (χ0v) is 11.2. The van der Waals surface area contributed by atoms with E-state index in [4.69, 9.17) is 15.2 Å². The van der Waals surface area contributed by atoms with Crippen molar-refractivity contribution in [2.45, 2.75) is 18.8 Å². The average molecular weight is 271 g/mol. The molecule has 0 radical (unpaired) electrons. The predicted octanol–water partition coefficient (Wildman–Crippen LogP) is 2.75. The molecule has 2 N–H and O–H groups in total. The number of benzene rings is 1. The average Bonchev–Trinajstić information content (AvgIpc) is 2.51. The lowest BCUT2D eigenvalue weighted by Gasteiger charge is -2.22. The van der Waals surface area contributed by atoms with Gasteiger partial charge in [0.05, 0.1) is 0 Å². The Kier molecular flexibility index (Phi) is 3.78. The fourth-order valence-corrected chi connectivity index (χ4v) is 2.31. The maximum Gasteiger partial charge on any atom is 0.241 e. The minimum absolute atomic E-state index is 0.348. The maximum atomic E-state index is 5.85. The number of nitrogen functional groups attached to an aromatic ring is 1. The molecule has 1 aromatic heterocycles. The first-order valence-corrected chi connectivity index (χ1v) is 6.75. The molecule has 0 bridgehead atoms. The van der Waals surface area contributed by atoms with Crippen LogP contribution < -0.4 is 10.5 Å². The monoisotopic (exact) mass is 271 g/mol.